The van der Waals surface area contributed by atoms with Crippen molar-refractivity contribution >= 4 is 0 Å². The van der Waals surface area contributed by atoms with Crippen LogP contribution in [0.3, 0.4) is 0 Å². The Morgan fingerprint density at radius 1 is 0.806 bits per heavy atom. The molecule has 0 aliphatic heterocycles. The molecule has 0 saturated carbocycles. The van der Waals surface area contributed by atoms with Crippen molar-refractivity contribution in [3.63, 3.8) is 0 Å². The van der Waals surface area contributed by atoms with E-state index in [0.29, 0.717) is 19.8 Å². The van der Waals surface area contributed by atoms with E-state index in [1.165, 1.54) is 0 Å². The Bertz CT molecular complexity index is 853. The standard InChI is InChI=1S/C31H46O5/c1-7-22(2)29(36-21-27-14-16-28(34-6)17-15-27)18-13-23(3)30(32)25(5)31(33)24(4)19-35-20-26-11-9-8-10-12-26/h7-12,14-17,22-25,29-33H,1,13,18-21H2,2-6H3/t22-,23+,24+,25+,29+,30+,31+/m1/s1. The summed E-state index contributed by atoms with van der Waals surface area (Å²) in [5.74, 6) is 0.706. The van der Waals surface area contributed by atoms with Crippen molar-refractivity contribution in [2.75, 3.05) is 13.7 Å². The highest BCUT2D eigenvalue weighted by molar-refractivity contribution is 5.26. The normalized spacial score (nSPS) is 17.4. The molecule has 0 spiro atoms. The second kappa shape index (κ2) is 15.8. The van der Waals surface area contributed by atoms with Crippen molar-refractivity contribution < 1.29 is 24.4 Å². The second-order valence-corrected chi connectivity index (χ2v) is 10.2. The fraction of sp³-hybridized carbons (Fsp3) is 0.548. The lowest BCUT2D eigenvalue weighted by atomic mass is 9.82. The molecular weight excluding hydrogens is 452 g/mol. The van der Waals surface area contributed by atoms with Crippen LogP contribution in [0.5, 0.6) is 5.75 Å². The van der Waals surface area contributed by atoms with Crippen LogP contribution in [0.2, 0.25) is 0 Å². The Balaban J connectivity index is 1.81. The minimum atomic E-state index is -0.646. The number of aliphatic hydroxyl groups excluding tert-OH is 2. The fourth-order valence-corrected chi connectivity index (χ4v) is 4.45. The Morgan fingerprint density at radius 3 is 2.03 bits per heavy atom. The van der Waals surface area contributed by atoms with Gasteiger partial charge in [0, 0.05) is 11.8 Å². The van der Waals surface area contributed by atoms with Crippen LogP contribution in [0.25, 0.3) is 0 Å². The summed E-state index contributed by atoms with van der Waals surface area (Å²) in [5, 5.41) is 21.9. The first-order valence-corrected chi connectivity index (χ1v) is 13.1. The molecule has 2 rings (SSSR count). The van der Waals surface area contributed by atoms with Gasteiger partial charge in [0.15, 0.2) is 0 Å². The molecule has 2 N–H and O–H groups in total. The topological polar surface area (TPSA) is 68.2 Å². The number of rotatable bonds is 17. The zero-order valence-electron chi connectivity index (χ0n) is 22.7. The third-order valence-corrected chi connectivity index (χ3v) is 7.22. The van der Waals surface area contributed by atoms with Crippen LogP contribution in [-0.4, -0.2) is 42.2 Å². The molecule has 0 aliphatic carbocycles. The Kier molecular flexibility index (Phi) is 13.2. The molecule has 0 radical (unpaired) electrons. The van der Waals surface area contributed by atoms with Crippen LogP contribution in [0.4, 0.5) is 0 Å². The third kappa shape index (κ3) is 9.70. The average molecular weight is 499 g/mol. The maximum absolute atomic E-state index is 11.0. The zero-order valence-corrected chi connectivity index (χ0v) is 22.7. The summed E-state index contributed by atoms with van der Waals surface area (Å²) in [6.45, 7) is 13.5. The van der Waals surface area contributed by atoms with Gasteiger partial charge in [-0.15, -0.1) is 6.58 Å². The lowest BCUT2D eigenvalue weighted by Gasteiger charge is -2.32. The zero-order chi connectivity index (χ0) is 26.5. The number of benzene rings is 2. The molecular formula is C31H46O5. The Morgan fingerprint density at radius 2 is 1.42 bits per heavy atom. The molecule has 7 atom stereocenters. The van der Waals surface area contributed by atoms with Crippen LogP contribution in [0.1, 0.15) is 51.7 Å². The van der Waals surface area contributed by atoms with E-state index in [-0.39, 0.29) is 29.8 Å². The minimum Gasteiger partial charge on any atom is -0.497 e. The summed E-state index contributed by atoms with van der Waals surface area (Å²) >= 11 is 0. The van der Waals surface area contributed by atoms with Gasteiger partial charge in [-0.3, -0.25) is 0 Å². The first-order chi connectivity index (χ1) is 17.3. The summed E-state index contributed by atoms with van der Waals surface area (Å²) in [4.78, 5) is 0. The summed E-state index contributed by atoms with van der Waals surface area (Å²) in [7, 11) is 1.66. The van der Waals surface area contributed by atoms with E-state index in [4.69, 9.17) is 14.2 Å². The summed E-state index contributed by atoms with van der Waals surface area (Å²) < 4.78 is 17.3. The second-order valence-electron chi connectivity index (χ2n) is 10.2. The molecule has 0 heterocycles. The van der Waals surface area contributed by atoms with Crippen molar-refractivity contribution in [1.29, 1.82) is 0 Å². The highest BCUT2D eigenvalue weighted by atomic mass is 16.5. The smallest absolute Gasteiger partial charge is 0.118 e. The van der Waals surface area contributed by atoms with Gasteiger partial charge in [0.2, 0.25) is 0 Å². The molecule has 0 unspecified atom stereocenters. The summed E-state index contributed by atoms with van der Waals surface area (Å²) in [6, 6.07) is 17.9. The van der Waals surface area contributed by atoms with Crippen LogP contribution in [-0.2, 0) is 22.7 Å². The maximum Gasteiger partial charge on any atom is 0.118 e. The van der Waals surface area contributed by atoms with Gasteiger partial charge < -0.3 is 24.4 Å². The first kappa shape index (κ1) is 30.0. The van der Waals surface area contributed by atoms with Gasteiger partial charge in [0.05, 0.1) is 45.2 Å². The largest absolute Gasteiger partial charge is 0.497 e. The van der Waals surface area contributed by atoms with E-state index >= 15 is 0 Å². The molecule has 0 bridgehead atoms. The molecule has 0 fully saturated rings. The van der Waals surface area contributed by atoms with Gasteiger partial charge in [0.25, 0.3) is 0 Å². The molecule has 200 valence electrons. The number of hydrogen-bond donors (Lipinski definition) is 2. The minimum absolute atomic E-state index is 0.00444. The molecule has 36 heavy (non-hydrogen) atoms. The van der Waals surface area contributed by atoms with Crippen LogP contribution in [0, 0.1) is 23.7 Å². The highest BCUT2D eigenvalue weighted by Crippen LogP contribution is 2.27. The van der Waals surface area contributed by atoms with Gasteiger partial charge in [-0.25, -0.2) is 0 Å². The van der Waals surface area contributed by atoms with E-state index in [2.05, 4.69) is 13.5 Å². The van der Waals surface area contributed by atoms with Gasteiger partial charge >= 0.3 is 0 Å². The molecule has 0 aromatic heterocycles. The Labute approximate surface area is 218 Å². The van der Waals surface area contributed by atoms with Crippen molar-refractivity contribution in [3.8, 4) is 5.75 Å². The molecule has 0 saturated heterocycles. The molecule has 2 aromatic rings. The number of methoxy groups -OCH3 is 1. The molecule has 2 aromatic carbocycles. The summed E-state index contributed by atoms with van der Waals surface area (Å²) in [6.07, 6.45) is 2.27. The lowest BCUT2D eigenvalue weighted by Crippen LogP contribution is -2.39. The highest BCUT2D eigenvalue weighted by Gasteiger charge is 2.31. The predicted octanol–water partition coefficient (Wildman–Crippen LogP) is 6.03. The molecule has 0 aliphatic rings. The van der Waals surface area contributed by atoms with Crippen LogP contribution >= 0.6 is 0 Å². The SMILES string of the molecule is C=C[C@@H](C)[C@H](CC[C@H](C)[C@H](O)[C@H](C)[C@@H](O)[C@@H](C)COCc1ccccc1)OCc1ccc(OC)cc1. The van der Waals surface area contributed by atoms with E-state index < -0.39 is 12.2 Å². The monoisotopic (exact) mass is 498 g/mol. The van der Waals surface area contributed by atoms with Crippen molar-refractivity contribution in [2.24, 2.45) is 23.7 Å². The van der Waals surface area contributed by atoms with E-state index in [1.54, 1.807) is 7.11 Å². The van der Waals surface area contributed by atoms with Crippen LogP contribution < -0.4 is 4.74 Å². The van der Waals surface area contributed by atoms with Crippen molar-refractivity contribution in [2.45, 2.75) is 72.1 Å². The molecule has 0 amide bonds. The average Bonchev–Trinajstić information content (AvgIpc) is 2.91. The van der Waals surface area contributed by atoms with Gasteiger partial charge in [-0.1, -0.05) is 76.2 Å². The lowest BCUT2D eigenvalue weighted by molar-refractivity contribution is -0.0538. The van der Waals surface area contributed by atoms with Gasteiger partial charge in [0.1, 0.15) is 5.75 Å². The Hall–Kier alpha value is -2.18. The number of aliphatic hydroxyl groups is 2. The van der Waals surface area contributed by atoms with Crippen molar-refractivity contribution in [3.05, 3.63) is 78.4 Å². The summed E-state index contributed by atoms with van der Waals surface area (Å²) in [5.41, 5.74) is 2.20. The van der Waals surface area contributed by atoms with Crippen LogP contribution in [0.15, 0.2) is 67.3 Å². The van der Waals surface area contributed by atoms with Gasteiger partial charge in [-0.05, 0) is 47.9 Å². The van der Waals surface area contributed by atoms with E-state index in [1.807, 2.05) is 81.4 Å². The van der Waals surface area contributed by atoms with E-state index in [9.17, 15) is 10.2 Å². The molecule has 5 heteroatoms. The predicted molar refractivity (Wildman–Crippen MR) is 146 cm³/mol. The van der Waals surface area contributed by atoms with Gasteiger partial charge in [-0.2, -0.15) is 0 Å². The third-order valence-electron chi connectivity index (χ3n) is 7.22. The quantitative estimate of drug-likeness (QED) is 0.261. The number of hydrogen-bond acceptors (Lipinski definition) is 5. The molecule has 5 nitrogen and oxygen atoms in total. The maximum atomic E-state index is 11.0. The first-order valence-electron chi connectivity index (χ1n) is 13.1. The van der Waals surface area contributed by atoms with Crippen molar-refractivity contribution in [1.82, 2.24) is 0 Å². The number of ether oxygens (including phenoxy) is 3. The van der Waals surface area contributed by atoms with E-state index in [0.717, 1.165) is 29.7 Å². The fourth-order valence-electron chi connectivity index (χ4n) is 4.45.